The van der Waals surface area contributed by atoms with Crippen LogP contribution in [0.2, 0.25) is 0 Å². The number of aryl methyl sites for hydroxylation is 2. The van der Waals surface area contributed by atoms with Gasteiger partial charge in [0.25, 0.3) is 0 Å². The molecule has 24 heavy (non-hydrogen) atoms. The third kappa shape index (κ3) is 5.30. The summed E-state index contributed by atoms with van der Waals surface area (Å²) < 4.78 is 25.4. The molecule has 1 aromatic rings. The van der Waals surface area contributed by atoms with Gasteiger partial charge in [-0.3, -0.25) is 4.90 Å². The van der Waals surface area contributed by atoms with E-state index in [9.17, 15) is 8.42 Å². The Hall–Kier alpha value is -0.910. The molecule has 0 aliphatic carbocycles. The minimum absolute atomic E-state index is 0.0849. The van der Waals surface area contributed by atoms with Gasteiger partial charge < -0.3 is 0 Å². The molecule has 1 saturated heterocycles. The molecular weight excluding hydrogens is 320 g/mol. The molecule has 1 aromatic carbocycles. The summed E-state index contributed by atoms with van der Waals surface area (Å²) in [7, 11) is -3.10. The average Bonchev–Trinajstić information content (AvgIpc) is 2.41. The molecule has 0 spiro atoms. The highest BCUT2D eigenvalue weighted by molar-refractivity contribution is 7.88. The molecule has 1 aliphatic heterocycles. The number of benzene rings is 1. The molecule has 136 valence electrons. The fourth-order valence-corrected chi connectivity index (χ4v) is 4.25. The molecule has 0 atom stereocenters. The number of sulfonamides is 1. The van der Waals surface area contributed by atoms with Crippen LogP contribution in [0.3, 0.4) is 0 Å². The Morgan fingerprint density at radius 2 is 1.62 bits per heavy atom. The van der Waals surface area contributed by atoms with Crippen molar-refractivity contribution in [2.75, 3.05) is 19.3 Å². The molecule has 1 N–H and O–H groups in total. The van der Waals surface area contributed by atoms with E-state index in [2.05, 4.69) is 56.4 Å². The molecule has 0 radical (unpaired) electrons. The smallest absolute Gasteiger partial charge is 0.208 e. The first kappa shape index (κ1) is 19.4. The van der Waals surface area contributed by atoms with Gasteiger partial charge >= 0.3 is 0 Å². The van der Waals surface area contributed by atoms with Gasteiger partial charge in [-0.2, -0.15) is 0 Å². The highest BCUT2D eigenvalue weighted by Crippen LogP contribution is 2.28. The lowest BCUT2D eigenvalue weighted by Crippen LogP contribution is -2.44. The van der Waals surface area contributed by atoms with Gasteiger partial charge in [0.1, 0.15) is 0 Å². The number of likely N-dealkylation sites (tertiary alicyclic amines) is 1. The standard InChI is InChI=1S/C19H32N2O2S/c1-14-11-16(19(3,4)5)12-15(2)18(14)13-21-9-7-17(8-10-21)20-24(6,22)23/h11-12,17,20H,7-10,13H2,1-6H3. The Morgan fingerprint density at radius 1 is 1.12 bits per heavy atom. The summed E-state index contributed by atoms with van der Waals surface area (Å²) in [6, 6.07) is 4.72. The summed E-state index contributed by atoms with van der Waals surface area (Å²) in [5.74, 6) is 0. The highest BCUT2D eigenvalue weighted by Gasteiger charge is 2.23. The van der Waals surface area contributed by atoms with Crippen LogP contribution < -0.4 is 4.72 Å². The van der Waals surface area contributed by atoms with Crippen molar-refractivity contribution in [3.63, 3.8) is 0 Å². The fraction of sp³-hybridized carbons (Fsp3) is 0.684. The van der Waals surface area contributed by atoms with Crippen molar-refractivity contribution in [2.24, 2.45) is 0 Å². The predicted molar refractivity (Wildman–Crippen MR) is 101 cm³/mol. The first-order valence-electron chi connectivity index (χ1n) is 8.76. The van der Waals surface area contributed by atoms with Crippen LogP contribution in [0.5, 0.6) is 0 Å². The summed E-state index contributed by atoms with van der Waals surface area (Å²) >= 11 is 0. The Balaban J connectivity index is 2.03. The van der Waals surface area contributed by atoms with Gasteiger partial charge in [-0.05, 0) is 54.4 Å². The van der Waals surface area contributed by atoms with Crippen LogP contribution in [-0.2, 0) is 22.0 Å². The maximum atomic E-state index is 11.3. The SMILES string of the molecule is Cc1cc(C(C)(C)C)cc(C)c1CN1CCC(NS(C)(=O)=O)CC1. The van der Waals surface area contributed by atoms with E-state index in [1.807, 2.05) is 0 Å². The van der Waals surface area contributed by atoms with Crippen LogP contribution in [0, 0.1) is 13.8 Å². The molecule has 4 nitrogen and oxygen atoms in total. The second-order valence-electron chi connectivity index (χ2n) is 8.28. The van der Waals surface area contributed by atoms with Gasteiger partial charge in [-0.1, -0.05) is 32.9 Å². The minimum Gasteiger partial charge on any atom is -0.299 e. The molecule has 2 rings (SSSR count). The fourth-order valence-electron chi connectivity index (χ4n) is 3.41. The minimum atomic E-state index is -3.10. The molecule has 1 fully saturated rings. The maximum Gasteiger partial charge on any atom is 0.208 e. The first-order valence-corrected chi connectivity index (χ1v) is 10.6. The zero-order chi connectivity index (χ0) is 18.1. The summed E-state index contributed by atoms with van der Waals surface area (Å²) in [4.78, 5) is 2.44. The largest absolute Gasteiger partial charge is 0.299 e. The Bertz CT molecular complexity index is 659. The molecule has 0 amide bonds. The van der Waals surface area contributed by atoms with E-state index < -0.39 is 10.0 Å². The van der Waals surface area contributed by atoms with Crippen LogP contribution >= 0.6 is 0 Å². The van der Waals surface area contributed by atoms with E-state index in [0.29, 0.717) is 0 Å². The maximum absolute atomic E-state index is 11.3. The number of hydrogen-bond donors (Lipinski definition) is 1. The Kier molecular flexibility index (Phi) is 5.78. The second kappa shape index (κ2) is 7.14. The molecule has 0 bridgehead atoms. The summed E-state index contributed by atoms with van der Waals surface area (Å²) in [6.45, 7) is 14.0. The van der Waals surface area contributed by atoms with Gasteiger partial charge in [0.05, 0.1) is 6.26 Å². The molecule has 0 unspecified atom stereocenters. The lowest BCUT2D eigenvalue weighted by molar-refractivity contribution is 0.199. The number of nitrogens with one attached hydrogen (secondary N) is 1. The summed E-state index contributed by atoms with van der Waals surface area (Å²) in [5.41, 5.74) is 5.69. The number of piperidine rings is 1. The number of nitrogens with zero attached hydrogens (tertiary/aromatic N) is 1. The van der Waals surface area contributed by atoms with Crippen LogP contribution in [-0.4, -0.2) is 38.7 Å². The van der Waals surface area contributed by atoms with E-state index >= 15 is 0 Å². The quantitative estimate of drug-likeness (QED) is 0.906. The lowest BCUT2D eigenvalue weighted by Gasteiger charge is -2.33. The first-order chi connectivity index (χ1) is 11.0. The molecule has 0 aromatic heterocycles. The summed E-state index contributed by atoms with van der Waals surface area (Å²) in [5, 5.41) is 0. The molecule has 1 aliphatic rings. The topological polar surface area (TPSA) is 49.4 Å². The lowest BCUT2D eigenvalue weighted by atomic mass is 9.83. The van der Waals surface area contributed by atoms with Gasteiger partial charge in [0, 0.05) is 25.7 Å². The van der Waals surface area contributed by atoms with Crippen molar-refractivity contribution in [2.45, 2.75) is 65.5 Å². The van der Waals surface area contributed by atoms with Crippen molar-refractivity contribution in [3.8, 4) is 0 Å². The van der Waals surface area contributed by atoms with E-state index in [4.69, 9.17) is 0 Å². The monoisotopic (exact) mass is 352 g/mol. The predicted octanol–water partition coefficient (Wildman–Crippen LogP) is 3.11. The normalized spacial score (nSPS) is 18.1. The zero-order valence-electron chi connectivity index (χ0n) is 15.9. The summed E-state index contributed by atoms with van der Waals surface area (Å²) in [6.07, 6.45) is 3.00. The second-order valence-corrected chi connectivity index (χ2v) is 10.1. The van der Waals surface area contributed by atoms with Crippen molar-refractivity contribution in [3.05, 3.63) is 34.4 Å². The number of hydrogen-bond acceptors (Lipinski definition) is 3. The average molecular weight is 353 g/mol. The van der Waals surface area contributed by atoms with E-state index in [1.54, 1.807) is 0 Å². The van der Waals surface area contributed by atoms with Crippen molar-refractivity contribution in [1.29, 1.82) is 0 Å². The van der Waals surface area contributed by atoms with Crippen LogP contribution in [0.4, 0.5) is 0 Å². The Morgan fingerprint density at radius 3 is 2.04 bits per heavy atom. The molecule has 5 heteroatoms. The molecular formula is C19H32N2O2S. The van der Waals surface area contributed by atoms with Crippen molar-refractivity contribution < 1.29 is 8.42 Å². The molecule has 1 heterocycles. The van der Waals surface area contributed by atoms with Crippen molar-refractivity contribution in [1.82, 2.24) is 9.62 Å². The van der Waals surface area contributed by atoms with Gasteiger partial charge in [-0.25, -0.2) is 13.1 Å². The van der Waals surface area contributed by atoms with Gasteiger partial charge in [0.2, 0.25) is 10.0 Å². The van der Waals surface area contributed by atoms with Gasteiger partial charge in [-0.15, -0.1) is 0 Å². The molecule has 0 saturated carbocycles. The zero-order valence-corrected chi connectivity index (χ0v) is 16.8. The van der Waals surface area contributed by atoms with E-state index in [0.717, 1.165) is 32.5 Å². The third-order valence-electron chi connectivity index (χ3n) is 4.91. The number of rotatable bonds is 4. The van der Waals surface area contributed by atoms with Crippen molar-refractivity contribution >= 4 is 10.0 Å². The van der Waals surface area contributed by atoms with Crippen LogP contribution in [0.1, 0.15) is 55.9 Å². The van der Waals surface area contributed by atoms with E-state index in [-0.39, 0.29) is 11.5 Å². The van der Waals surface area contributed by atoms with Gasteiger partial charge in [0.15, 0.2) is 0 Å². The highest BCUT2D eigenvalue weighted by atomic mass is 32.2. The van der Waals surface area contributed by atoms with Crippen LogP contribution in [0.25, 0.3) is 0 Å². The van der Waals surface area contributed by atoms with E-state index in [1.165, 1.54) is 28.5 Å². The van der Waals surface area contributed by atoms with Crippen LogP contribution in [0.15, 0.2) is 12.1 Å². The third-order valence-corrected chi connectivity index (χ3v) is 5.67. The Labute approximate surface area is 147 Å².